The van der Waals surface area contributed by atoms with E-state index in [0.717, 1.165) is 5.48 Å². The van der Waals surface area contributed by atoms with Gasteiger partial charge >= 0.3 is 0 Å². The highest BCUT2D eigenvalue weighted by atomic mass is 16.5. The highest BCUT2D eigenvalue weighted by Crippen LogP contribution is 1.81. The third kappa shape index (κ3) is 3.30. The first kappa shape index (κ1) is 7.10. The van der Waals surface area contributed by atoms with Crippen molar-refractivity contribution in [3.05, 3.63) is 5.21 Å². The molecule has 1 amide bonds. The molecule has 0 atom stereocenters. The molecule has 0 aliphatic rings. The standard InChI is InChI=1S/C4H6NO3/c6-3-1-2-4(7)5-8/h3H,1-2H2,(H-,5,7,8)/q-1. The molecule has 0 aliphatic heterocycles. The monoisotopic (exact) mass is 116 g/mol. The highest BCUT2D eigenvalue weighted by molar-refractivity contribution is 5.78. The smallest absolute Gasteiger partial charge is 0.209 e. The Hall–Kier alpha value is -0.900. The summed E-state index contributed by atoms with van der Waals surface area (Å²) >= 11 is 0. The van der Waals surface area contributed by atoms with Gasteiger partial charge in [0.05, 0.1) is 0 Å². The first-order valence-electron chi connectivity index (χ1n) is 2.16. The summed E-state index contributed by atoms with van der Waals surface area (Å²) in [5.74, 6) is -0.642. The number of amides is 1. The van der Waals surface area contributed by atoms with Gasteiger partial charge in [-0.1, -0.05) is 0 Å². The number of aldehydes is 1. The predicted molar refractivity (Wildman–Crippen MR) is 26.8 cm³/mol. The molecule has 0 radical (unpaired) electrons. The van der Waals surface area contributed by atoms with Crippen molar-refractivity contribution in [2.75, 3.05) is 0 Å². The number of carbonyl (C=O) groups is 2. The van der Waals surface area contributed by atoms with Crippen molar-refractivity contribution in [2.45, 2.75) is 12.8 Å². The molecule has 0 aromatic rings. The number of rotatable bonds is 3. The van der Waals surface area contributed by atoms with E-state index in [1.807, 2.05) is 0 Å². The van der Waals surface area contributed by atoms with E-state index in [2.05, 4.69) is 0 Å². The fourth-order valence-corrected chi connectivity index (χ4v) is 0.241. The Balaban J connectivity index is 3.11. The average molecular weight is 116 g/mol. The maximum absolute atomic E-state index is 9.99. The van der Waals surface area contributed by atoms with E-state index in [0.29, 0.717) is 6.29 Å². The Morgan fingerprint density at radius 2 is 2.38 bits per heavy atom. The van der Waals surface area contributed by atoms with Crippen molar-refractivity contribution in [3.63, 3.8) is 0 Å². The lowest BCUT2D eigenvalue weighted by Crippen LogP contribution is -2.14. The minimum atomic E-state index is -0.642. The molecule has 4 nitrogen and oxygen atoms in total. The number of hydroxylamine groups is 1. The molecule has 0 spiro atoms. The summed E-state index contributed by atoms with van der Waals surface area (Å²) < 4.78 is 0. The van der Waals surface area contributed by atoms with E-state index in [1.165, 1.54) is 0 Å². The van der Waals surface area contributed by atoms with Gasteiger partial charge in [0.25, 0.3) is 0 Å². The molecule has 0 saturated carbocycles. The Labute approximate surface area is 46.5 Å². The Kier molecular flexibility index (Phi) is 3.78. The second kappa shape index (κ2) is 4.26. The molecule has 0 heterocycles. The van der Waals surface area contributed by atoms with Gasteiger partial charge in [0, 0.05) is 12.8 Å². The quantitative estimate of drug-likeness (QED) is 0.402. The number of hydrogen-bond donors (Lipinski definition) is 1. The van der Waals surface area contributed by atoms with Crippen LogP contribution in [0.25, 0.3) is 0 Å². The lowest BCUT2D eigenvalue weighted by Gasteiger charge is -2.03. The van der Waals surface area contributed by atoms with Crippen LogP contribution in [0.1, 0.15) is 12.8 Å². The van der Waals surface area contributed by atoms with Gasteiger partial charge in [0.1, 0.15) is 6.29 Å². The summed E-state index contributed by atoms with van der Waals surface area (Å²) in [7, 11) is 0. The SMILES string of the molecule is O=CCCC(=O)N[O-]. The van der Waals surface area contributed by atoms with Crippen LogP contribution in [0.5, 0.6) is 0 Å². The van der Waals surface area contributed by atoms with Crippen LogP contribution in [0.4, 0.5) is 0 Å². The maximum Gasteiger partial charge on any atom is 0.209 e. The van der Waals surface area contributed by atoms with E-state index in [-0.39, 0.29) is 12.8 Å². The van der Waals surface area contributed by atoms with Crippen molar-refractivity contribution >= 4 is 12.2 Å². The van der Waals surface area contributed by atoms with Crippen LogP contribution in [0.2, 0.25) is 0 Å². The fourth-order valence-electron chi connectivity index (χ4n) is 0.241. The number of hydrogen-bond acceptors (Lipinski definition) is 3. The highest BCUT2D eigenvalue weighted by Gasteiger charge is 1.90. The maximum atomic E-state index is 9.99. The summed E-state index contributed by atoms with van der Waals surface area (Å²) in [6, 6.07) is 0. The van der Waals surface area contributed by atoms with E-state index in [4.69, 9.17) is 0 Å². The summed E-state index contributed by atoms with van der Waals surface area (Å²) in [6.07, 6.45) is 0.705. The van der Waals surface area contributed by atoms with Crippen LogP contribution < -0.4 is 5.48 Å². The van der Waals surface area contributed by atoms with E-state index >= 15 is 0 Å². The van der Waals surface area contributed by atoms with E-state index < -0.39 is 5.91 Å². The predicted octanol–water partition coefficient (Wildman–Crippen LogP) is -0.420. The van der Waals surface area contributed by atoms with Gasteiger partial charge in [0.2, 0.25) is 5.91 Å². The zero-order valence-corrected chi connectivity index (χ0v) is 4.22. The minimum Gasteiger partial charge on any atom is -0.759 e. The number of carbonyl (C=O) groups excluding carboxylic acids is 2. The molecule has 0 aliphatic carbocycles. The summed E-state index contributed by atoms with van der Waals surface area (Å²) in [5, 5.41) is 9.42. The molecule has 0 unspecified atom stereocenters. The lowest BCUT2D eigenvalue weighted by atomic mass is 10.3. The molecule has 0 aromatic carbocycles. The van der Waals surface area contributed by atoms with Crippen molar-refractivity contribution in [1.82, 2.24) is 5.48 Å². The molecule has 0 bridgehead atoms. The van der Waals surface area contributed by atoms with Gasteiger partial charge in [-0.05, 0) is 0 Å². The van der Waals surface area contributed by atoms with Crippen LogP contribution in [-0.2, 0) is 9.59 Å². The Morgan fingerprint density at radius 3 is 2.75 bits per heavy atom. The van der Waals surface area contributed by atoms with Gasteiger partial charge in [-0.2, -0.15) is 0 Å². The second-order valence-corrected chi connectivity index (χ2v) is 1.23. The molecule has 4 heteroatoms. The van der Waals surface area contributed by atoms with E-state index in [1.54, 1.807) is 0 Å². The van der Waals surface area contributed by atoms with Crippen LogP contribution in [-0.4, -0.2) is 12.2 Å². The third-order valence-electron chi connectivity index (χ3n) is 0.603. The van der Waals surface area contributed by atoms with Crippen molar-refractivity contribution < 1.29 is 9.59 Å². The summed E-state index contributed by atoms with van der Waals surface area (Å²) in [4.78, 5) is 19.5. The molecule has 0 fully saturated rings. The van der Waals surface area contributed by atoms with Crippen molar-refractivity contribution in [1.29, 1.82) is 0 Å². The zero-order chi connectivity index (χ0) is 6.41. The van der Waals surface area contributed by atoms with Crippen molar-refractivity contribution in [2.24, 2.45) is 0 Å². The molecular weight excluding hydrogens is 110 g/mol. The largest absolute Gasteiger partial charge is 0.759 e. The Bertz CT molecular complexity index is 91.3. The third-order valence-corrected chi connectivity index (χ3v) is 0.603. The summed E-state index contributed by atoms with van der Waals surface area (Å²) in [5.41, 5.74) is 1.15. The first-order valence-corrected chi connectivity index (χ1v) is 2.16. The molecule has 1 N–H and O–H groups in total. The fraction of sp³-hybridized carbons (Fsp3) is 0.500. The lowest BCUT2D eigenvalue weighted by molar-refractivity contribution is -0.121. The second-order valence-electron chi connectivity index (χ2n) is 1.23. The van der Waals surface area contributed by atoms with Gasteiger partial charge in [-0.3, -0.25) is 4.79 Å². The Morgan fingerprint density at radius 1 is 1.75 bits per heavy atom. The topological polar surface area (TPSA) is 69.2 Å². The minimum absolute atomic E-state index is 0.00694. The van der Waals surface area contributed by atoms with Gasteiger partial charge in [-0.15, -0.1) is 0 Å². The first-order chi connectivity index (χ1) is 3.81. The zero-order valence-electron chi connectivity index (χ0n) is 4.22. The van der Waals surface area contributed by atoms with Gasteiger partial charge in [-0.25, -0.2) is 0 Å². The van der Waals surface area contributed by atoms with Gasteiger partial charge in [0.15, 0.2) is 0 Å². The molecule has 0 saturated heterocycles. The molecule has 46 valence electrons. The van der Waals surface area contributed by atoms with Gasteiger partial charge < -0.3 is 15.5 Å². The van der Waals surface area contributed by atoms with Crippen molar-refractivity contribution in [3.8, 4) is 0 Å². The van der Waals surface area contributed by atoms with Crippen LogP contribution in [0.3, 0.4) is 0 Å². The molecule has 0 rings (SSSR count). The average Bonchev–Trinajstić information content (AvgIpc) is 1.83. The number of nitrogens with one attached hydrogen (secondary N) is 1. The van der Waals surface area contributed by atoms with E-state index in [9.17, 15) is 14.8 Å². The van der Waals surface area contributed by atoms with Crippen LogP contribution in [0.15, 0.2) is 0 Å². The molecule has 8 heavy (non-hydrogen) atoms. The molecule has 0 aromatic heterocycles. The summed E-state index contributed by atoms with van der Waals surface area (Å²) in [6.45, 7) is 0. The molecular formula is C4H6NO3-. The normalized spacial score (nSPS) is 8.12. The van der Waals surface area contributed by atoms with Crippen LogP contribution >= 0.6 is 0 Å². The van der Waals surface area contributed by atoms with Crippen LogP contribution in [0, 0.1) is 5.21 Å².